The largest absolute Gasteiger partial charge is 0.494 e. The maximum Gasteiger partial charge on any atom is 0.293 e. The highest BCUT2D eigenvalue weighted by Gasteiger charge is 2.31. The number of rotatable bonds is 5. The van der Waals surface area contributed by atoms with Crippen molar-refractivity contribution in [3.05, 3.63) is 34.7 Å². The Labute approximate surface area is 147 Å². The molecule has 1 heterocycles. The van der Waals surface area contributed by atoms with E-state index in [1.54, 1.807) is 6.08 Å². The number of hydrogen-bond acceptors (Lipinski definition) is 4. The maximum atomic E-state index is 11.9. The molecule has 1 aliphatic heterocycles. The molecule has 1 aromatic rings. The van der Waals surface area contributed by atoms with Crippen molar-refractivity contribution in [2.24, 2.45) is 5.92 Å². The van der Waals surface area contributed by atoms with Crippen LogP contribution in [0.2, 0.25) is 0 Å². The van der Waals surface area contributed by atoms with Crippen molar-refractivity contribution in [2.75, 3.05) is 13.7 Å². The Morgan fingerprint density at radius 1 is 1.17 bits per heavy atom. The van der Waals surface area contributed by atoms with E-state index in [1.807, 2.05) is 24.3 Å². The van der Waals surface area contributed by atoms with Crippen LogP contribution in [0.25, 0.3) is 6.08 Å². The summed E-state index contributed by atoms with van der Waals surface area (Å²) in [5.41, 5.74) is 0.897. The van der Waals surface area contributed by atoms with Gasteiger partial charge in [-0.05, 0) is 47.9 Å². The Hall–Kier alpha value is -1.75. The van der Waals surface area contributed by atoms with Crippen molar-refractivity contribution in [3.8, 4) is 5.75 Å². The molecule has 1 saturated carbocycles. The average Bonchev–Trinajstić information content (AvgIpc) is 2.84. The normalized spacial score (nSPS) is 20.9. The predicted molar refractivity (Wildman–Crippen MR) is 96.9 cm³/mol. The fourth-order valence-electron chi connectivity index (χ4n) is 3.18. The van der Waals surface area contributed by atoms with Crippen molar-refractivity contribution in [3.63, 3.8) is 0 Å². The molecule has 1 aromatic carbocycles. The molecule has 4 nitrogen and oxygen atoms in total. The van der Waals surface area contributed by atoms with E-state index in [9.17, 15) is 9.59 Å². The van der Waals surface area contributed by atoms with Gasteiger partial charge in [-0.25, -0.2) is 0 Å². The van der Waals surface area contributed by atoms with Crippen LogP contribution in [-0.2, 0) is 4.79 Å². The van der Waals surface area contributed by atoms with E-state index in [0.29, 0.717) is 4.91 Å². The van der Waals surface area contributed by atoms with Gasteiger partial charge in [0.25, 0.3) is 11.1 Å². The summed E-state index contributed by atoms with van der Waals surface area (Å²) in [6, 6.07) is 7.67. The van der Waals surface area contributed by atoms with E-state index in [2.05, 4.69) is 0 Å². The van der Waals surface area contributed by atoms with Gasteiger partial charge in [-0.1, -0.05) is 44.2 Å². The van der Waals surface area contributed by atoms with Gasteiger partial charge in [-0.2, -0.15) is 0 Å². The van der Waals surface area contributed by atoms with Gasteiger partial charge in [0.2, 0.25) is 0 Å². The van der Waals surface area contributed by atoms with Crippen LogP contribution < -0.4 is 4.74 Å². The number of thioether (sulfide) groups is 1. The Morgan fingerprint density at radius 3 is 2.50 bits per heavy atom. The van der Waals surface area contributed by atoms with Crippen molar-refractivity contribution in [2.45, 2.75) is 38.5 Å². The predicted octanol–water partition coefficient (Wildman–Crippen LogP) is 4.70. The van der Waals surface area contributed by atoms with Crippen LogP contribution in [0, 0.1) is 5.92 Å². The molecule has 0 N–H and O–H groups in total. The van der Waals surface area contributed by atoms with Gasteiger partial charge in [-0.15, -0.1) is 0 Å². The standard InChI is InChI=1S/C19H23NO3S/c1-20-18(21)17(24-19(20)22)13-15-7-9-16(10-8-15)23-12-11-14-5-3-2-4-6-14/h7-10,13-14H,2-6,11-12H2,1H3. The lowest BCUT2D eigenvalue weighted by atomic mass is 9.87. The molecule has 2 amide bonds. The number of amides is 2. The van der Waals surface area contributed by atoms with Crippen LogP contribution in [0.4, 0.5) is 4.79 Å². The first-order valence-corrected chi connectivity index (χ1v) is 9.39. The van der Waals surface area contributed by atoms with E-state index in [1.165, 1.54) is 39.2 Å². The maximum absolute atomic E-state index is 11.9. The zero-order valence-electron chi connectivity index (χ0n) is 14.0. The summed E-state index contributed by atoms with van der Waals surface area (Å²) in [5, 5.41) is -0.228. The molecule has 0 spiro atoms. The summed E-state index contributed by atoms with van der Waals surface area (Å²) in [4.78, 5) is 25.0. The third kappa shape index (κ3) is 4.20. The summed E-state index contributed by atoms with van der Waals surface area (Å²) in [6.07, 6.45) is 9.68. The molecule has 1 aliphatic carbocycles. The number of imide groups is 1. The average molecular weight is 345 g/mol. The van der Waals surface area contributed by atoms with Crippen LogP contribution in [0.3, 0.4) is 0 Å². The lowest BCUT2D eigenvalue weighted by molar-refractivity contribution is -0.121. The fraction of sp³-hybridized carbons (Fsp3) is 0.474. The highest BCUT2D eigenvalue weighted by molar-refractivity contribution is 8.18. The van der Waals surface area contributed by atoms with Gasteiger partial charge < -0.3 is 4.74 Å². The van der Waals surface area contributed by atoms with E-state index in [4.69, 9.17) is 4.74 Å². The van der Waals surface area contributed by atoms with Gasteiger partial charge in [-0.3, -0.25) is 14.5 Å². The molecule has 1 saturated heterocycles. The van der Waals surface area contributed by atoms with Gasteiger partial charge in [0.15, 0.2) is 0 Å². The Bertz CT molecular complexity index is 633. The van der Waals surface area contributed by atoms with Crippen LogP contribution >= 0.6 is 11.8 Å². The molecule has 24 heavy (non-hydrogen) atoms. The highest BCUT2D eigenvalue weighted by atomic mass is 32.2. The van der Waals surface area contributed by atoms with Crippen LogP contribution in [0.15, 0.2) is 29.2 Å². The monoisotopic (exact) mass is 345 g/mol. The lowest BCUT2D eigenvalue weighted by Gasteiger charge is -2.21. The molecule has 128 valence electrons. The summed E-state index contributed by atoms with van der Waals surface area (Å²) in [7, 11) is 1.50. The molecule has 0 aromatic heterocycles. The molecule has 2 fully saturated rings. The fourth-order valence-corrected chi connectivity index (χ4v) is 4.00. The summed E-state index contributed by atoms with van der Waals surface area (Å²) < 4.78 is 5.83. The second kappa shape index (κ2) is 7.88. The van der Waals surface area contributed by atoms with Gasteiger partial charge in [0, 0.05) is 7.05 Å². The van der Waals surface area contributed by atoms with Crippen LogP contribution in [0.1, 0.15) is 44.1 Å². The van der Waals surface area contributed by atoms with E-state index >= 15 is 0 Å². The number of hydrogen-bond donors (Lipinski definition) is 0. The Kier molecular flexibility index (Phi) is 5.61. The second-order valence-corrected chi connectivity index (χ2v) is 7.44. The smallest absolute Gasteiger partial charge is 0.293 e. The molecular formula is C19H23NO3S. The topological polar surface area (TPSA) is 46.6 Å². The second-order valence-electron chi connectivity index (χ2n) is 6.45. The number of nitrogens with zero attached hydrogens (tertiary/aromatic N) is 1. The molecule has 0 bridgehead atoms. The summed E-state index contributed by atoms with van der Waals surface area (Å²) >= 11 is 0.978. The van der Waals surface area contributed by atoms with E-state index in [0.717, 1.165) is 46.9 Å². The molecule has 0 atom stereocenters. The molecule has 0 unspecified atom stereocenters. The quantitative estimate of drug-likeness (QED) is 0.726. The third-order valence-corrected chi connectivity index (χ3v) is 5.64. The van der Waals surface area contributed by atoms with Crippen molar-refractivity contribution in [1.29, 1.82) is 0 Å². The molecule has 2 aliphatic rings. The van der Waals surface area contributed by atoms with Crippen molar-refractivity contribution < 1.29 is 14.3 Å². The van der Waals surface area contributed by atoms with Gasteiger partial charge in [0.1, 0.15) is 5.75 Å². The minimum atomic E-state index is -0.238. The van der Waals surface area contributed by atoms with E-state index < -0.39 is 0 Å². The minimum Gasteiger partial charge on any atom is -0.494 e. The zero-order valence-corrected chi connectivity index (χ0v) is 14.8. The Balaban J connectivity index is 1.52. The van der Waals surface area contributed by atoms with Crippen LogP contribution in [-0.4, -0.2) is 29.7 Å². The van der Waals surface area contributed by atoms with Crippen molar-refractivity contribution in [1.82, 2.24) is 4.90 Å². The van der Waals surface area contributed by atoms with E-state index in [-0.39, 0.29) is 11.1 Å². The van der Waals surface area contributed by atoms with Gasteiger partial charge >= 0.3 is 0 Å². The number of ether oxygens (including phenoxy) is 1. The molecular weight excluding hydrogens is 322 g/mol. The number of likely N-dealkylation sites (N-methyl/N-ethyl adjacent to an activating group) is 1. The molecule has 0 radical (unpaired) electrons. The Morgan fingerprint density at radius 2 is 1.88 bits per heavy atom. The minimum absolute atomic E-state index is 0.228. The zero-order chi connectivity index (χ0) is 16.9. The number of carbonyl (C=O) groups excluding carboxylic acids is 2. The molecule has 5 heteroatoms. The first-order chi connectivity index (χ1) is 11.6. The van der Waals surface area contributed by atoms with Crippen molar-refractivity contribution >= 4 is 29.0 Å². The van der Waals surface area contributed by atoms with Crippen LogP contribution in [0.5, 0.6) is 5.75 Å². The first-order valence-electron chi connectivity index (χ1n) is 8.58. The summed E-state index contributed by atoms with van der Waals surface area (Å²) in [6.45, 7) is 0.763. The third-order valence-electron chi connectivity index (χ3n) is 4.68. The highest BCUT2D eigenvalue weighted by Crippen LogP contribution is 2.31. The number of benzene rings is 1. The molecule has 3 rings (SSSR count). The summed E-state index contributed by atoms with van der Waals surface area (Å²) in [5.74, 6) is 1.44. The van der Waals surface area contributed by atoms with Gasteiger partial charge in [0.05, 0.1) is 11.5 Å². The SMILES string of the molecule is CN1C(=O)SC(=Cc2ccc(OCCC3CCCCC3)cc2)C1=O. The first kappa shape index (κ1) is 17.1. The number of carbonyl (C=O) groups is 2. The lowest BCUT2D eigenvalue weighted by Crippen LogP contribution is -2.22.